The minimum atomic E-state index is -0.390. The van der Waals surface area contributed by atoms with E-state index < -0.39 is 5.25 Å². The highest BCUT2D eigenvalue weighted by atomic mass is 35.5. The molecular weight excluding hydrogens is 406 g/mol. The standard InChI is InChI=1S/C21H20ClN5OS/c1-3-11-27-19(16-7-9-17(22)10-8-16)25-26-21(27)29-14(2)20(28)24-18-6-4-5-15(12-18)13-23/h4-10,12,14H,3,11H2,1-2H3,(H,24,28). The summed E-state index contributed by atoms with van der Waals surface area (Å²) < 4.78 is 2.02. The lowest BCUT2D eigenvalue weighted by molar-refractivity contribution is -0.115. The van der Waals surface area contributed by atoms with Gasteiger partial charge >= 0.3 is 0 Å². The number of rotatable bonds is 7. The molecule has 0 saturated carbocycles. The third-order valence-electron chi connectivity index (χ3n) is 4.18. The quantitative estimate of drug-likeness (QED) is 0.538. The van der Waals surface area contributed by atoms with Gasteiger partial charge in [0.15, 0.2) is 11.0 Å². The molecule has 0 aliphatic carbocycles. The molecule has 29 heavy (non-hydrogen) atoms. The highest BCUT2D eigenvalue weighted by Crippen LogP contribution is 2.28. The highest BCUT2D eigenvalue weighted by Gasteiger charge is 2.21. The lowest BCUT2D eigenvalue weighted by atomic mass is 10.2. The van der Waals surface area contributed by atoms with E-state index in [0.717, 1.165) is 24.4 Å². The summed E-state index contributed by atoms with van der Waals surface area (Å²) in [5, 5.41) is 21.5. The molecule has 0 bridgehead atoms. The number of hydrogen-bond acceptors (Lipinski definition) is 5. The van der Waals surface area contributed by atoms with E-state index >= 15 is 0 Å². The Balaban J connectivity index is 1.77. The first kappa shape index (κ1) is 20.9. The van der Waals surface area contributed by atoms with Crippen molar-refractivity contribution in [1.29, 1.82) is 5.26 Å². The van der Waals surface area contributed by atoms with Crippen molar-refractivity contribution in [3.05, 3.63) is 59.1 Å². The predicted molar refractivity (Wildman–Crippen MR) is 116 cm³/mol. The minimum absolute atomic E-state index is 0.163. The second-order valence-electron chi connectivity index (χ2n) is 6.41. The van der Waals surface area contributed by atoms with Crippen molar-refractivity contribution in [2.24, 2.45) is 0 Å². The van der Waals surface area contributed by atoms with Crippen LogP contribution in [0.25, 0.3) is 11.4 Å². The average Bonchev–Trinajstić information content (AvgIpc) is 3.11. The van der Waals surface area contributed by atoms with Crippen LogP contribution in [0, 0.1) is 11.3 Å². The zero-order valence-corrected chi connectivity index (χ0v) is 17.7. The minimum Gasteiger partial charge on any atom is -0.325 e. The van der Waals surface area contributed by atoms with Crippen LogP contribution in [0.3, 0.4) is 0 Å². The fourth-order valence-corrected chi connectivity index (χ4v) is 3.74. The molecule has 1 N–H and O–H groups in total. The van der Waals surface area contributed by atoms with E-state index in [4.69, 9.17) is 16.9 Å². The van der Waals surface area contributed by atoms with Crippen molar-refractivity contribution >= 4 is 35.0 Å². The second kappa shape index (κ2) is 9.59. The van der Waals surface area contributed by atoms with E-state index in [-0.39, 0.29) is 5.91 Å². The monoisotopic (exact) mass is 425 g/mol. The number of nitriles is 1. The maximum absolute atomic E-state index is 12.6. The molecule has 1 unspecified atom stereocenters. The summed E-state index contributed by atoms with van der Waals surface area (Å²) >= 11 is 7.34. The SMILES string of the molecule is CCCn1c(SC(C)C(=O)Nc2cccc(C#N)c2)nnc1-c1ccc(Cl)cc1. The van der Waals surface area contributed by atoms with Crippen molar-refractivity contribution < 1.29 is 4.79 Å². The molecule has 2 aromatic carbocycles. The van der Waals surface area contributed by atoms with Crippen LogP contribution in [-0.4, -0.2) is 25.9 Å². The van der Waals surface area contributed by atoms with Crippen LogP contribution < -0.4 is 5.32 Å². The highest BCUT2D eigenvalue weighted by molar-refractivity contribution is 8.00. The lowest BCUT2D eigenvalue weighted by Gasteiger charge is -2.13. The summed E-state index contributed by atoms with van der Waals surface area (Å²) in [6, 6.07) is 16.4. The van der Waals surface area contributed by atoms with Crippen LogP contribution in [-0.2, 0) is 11.3 Å². The fraction of sp³-hybridized carbons (Fsp3) is 0.238. The van der Waals surface area contributed by atoms with Gasteiger partial charge in [0, 0.05) is 22.8 Å². The third-order valence-corrected chi connectivity index (χ3v) is 5.51. The van der Waals surface area contributed by atoms with Crippen LogP contribution in [0.2, 0.25) is 5.02 Å². The summed E-state index contributed by atoms with van der Waals surface area (Å²) in [5.74, 6) is 0.588. The number of anilines is 1. The molecule has 1 heterocycles. The number of thioether (sulfide) groups is 1. The zero-order chi connectivity index (χ0) is 20.8. The van der Waals surface area contributed by atoms with Gasteiger partial charge in [-0.3, -0.25) is 4.79 Å². The molecule has 148 valence electrons. The lowest BCUT2D eigenvalue weighted by Crippen LogP contribution is -2.23. The molecule has 0 spiro atoms. The van der Waals surface area contributed by atoms with E-state index in [1.54, 1.807) is 24.3 Å². The Labute approximate surface area is 178 Å². The molecule has 0 radical (unpaired) electrons. The summed E-state index contributed by atoms with van der Waals surface area (Å²) in [5.41, 5.74) is 2.02. The Kier molecular flexibility index (Phi) is 6.91. The fourth-order valence-electron chi connectivity index (χ4n) is 2.74. The molecule has 8 heteroatoms. The molecule has 1 aromatic heterocycles. The first-order valence-electron chi connectivity index (χ1n) is 9.18. The molecule has 3 rings (SSSR count). The van der Waals surface area contributed by atoms with E-state index in [2.05, 4.69) is 28.5 Å². The number of hydrogen-bond donors (Lipinski definition) is 1. The van der Waals surface area contributed by atoms with Crippen LogP contribution in [0.5, 0.6) is 0 Å². The molecule has 0 aliphatic rings. The van der Waals surface area contributed by atoms with Gasteiger partial charge in [-0.2, -0.15) is 5.26 Å². The first-order valence-corrected chi connectivity index (χ1v) is 10.4. The summed E-state index contributed by atoms with van der Waals surface area (Å²) in [7, 11) is 0. The van der Waals surface area contributed by atoms with Crippen molar-refractivity contribution in [2.45, 2.75) is 37.2 Å². The van der Waals surface area contributed by atoms with Crippen molar-refractivity contribution in [3.63, 3.8) is 0 Å². The maximum atomic E-state index is 12.6. The van der Waals surface area contributed by atoms with Crippen LogP contribution in [0.4, 0.5) is 5.69 Å². The first-order chi connectivity index (χ1) is 14.0. The zero-order valence-electron chi connectivity index (χ0n) is 16.1. The van der Waals surface area contributed by atoms with Crippen molar-refractivity contribution in [3.8, 4) is 17.5 Å². The predicted octanol–water partition coefficient (Wildman–Crippen LogP) is 5.00. The Morgan fingerprint density at radius 1 is 1.28 bits per heavy atom. The van der Waals surface area contributed by atoms with Gasteiger partial charge < -0.3 is 9.88 Å². The normalized spacial score (nSPS) is 11.7. The van der Waals surface area contributed by atoms with Crippen molar-refractivity contribution in [2.75, 3.05) is 5.32 Å². The summed E-state index contributed by atoms with van der Waals surface area (Å²) in [6.45, 7) is 4.64. The number of nitrogens with zero attached hydrogens (tertiary/aromatic N) is 4. The molecule has 0 fully saturated rings. The second-order valence-corrected chi connectivity index (χ2v) is 8.15. The van der Waals surface area contributed by atoms with Gasteiger partial charge in [0.2, 0.25) is 5.91 Å². The molecule has 0 aliphatic heterocycles. The van der Waals surface area contributed by atoms with Gasteiger partial charge in [-0.05, 0) is 55.8 Å². The topological polar surface area (TPSA) is 83.6 Å². The number of carbonyl (C=O) groups is 1. The van der Waals surface area contributed by atoms with Crippen molar-refractivity contribution in [1.82, 2.24) is 14.8 Å². The number of aromatic nitrogens is 3. The average molecular weight is 426 g/mol. The number of benzene rings is 2. The molecule has 6 nitrogen and oxygen atoms in total. The number of amides is 1. The van der Waals surface area contributed by atoms with Gasteiger partial charge in [0.25, 0.3) is 0 Å². The van der Waals surface area contributed by atoms with E-state index in [0.29, 0.717) is 21.4 Å². The molecule has 0 saturated heterocycles. The summed E-state index contributed by atoms with van der Waals surface area (Å²) in [6.07, 6.45) is 0.910. The molecular formula is C21H20ClN5OS. The number of carbonyl (C=O) groups excluding carboxylic acids is 1. The third kappa shape index (κ3) is 5.17. The van der Waals surface area contributed by atoms with Gasteiger partial charge in [-0.1, -0.05) is 36.4 Å². The maximum Gasteiger partial charge on any atom is 0.237 e. The van der Waals surface area contributed by atoms with Gasteiger partial charge in [0.1, 0.15) is 0 Å². The Morgan fingerprint density at radius 2 is 2.03 bits per heavy atom. The molecule has 1 amide bonds. The molecule has 1 atom stereocenters. The summed E-state index contributed by atoms with van der Waals surface area (Å²) in [4.78, 5) is 12.6. The molecule has 3 aromatic rings. The van der Waals surface area contributed by atoms with Gasteiger partial charge in [0.05, 0.1) is 16.9 Å². The van der Waals surface area contributed by atoms with Gasteiger partial charge in [-0.25, -0.2) is 0 Å². The van der Waals surface area contributed by atoms with E-state index in [1.165, 1.54) is 11.8 Å². The Morgan fingerprint density at radius 3 is 2.72 bits per heavy atom. The van der Waals surface area contributed by atoms with Crippen LogP contribution in [0.1, 0.15) is 25.8 Å². The van der Waals surface area contributed by atoms with Crippen LogP contribution in [0.15, 0.2) is 53.7 Å². The largest absolute Gasteiger partial charge is 0.325 e. The smallest absolute Gasteiger partial charge is 0.237 e. The number of halogens is 1. The number of nitrogens with one attached hydrogen (secondary N) is 1. The Hall–Kier alpha value is -2.82. The Bertz CT molecular complexity index is 1040. The van der Waals surface area contributed by atoms with E-state index in [9.17, 15) is 4.79 Å². The van der Waals surface area contributed by atoms with E-state index in [1.807, 2.05) is 35.8 Å². The van der Waals surface area contributed by atoms with Crippen LogP contribution >= 0.6 is 23.4 Å². The van der Waals surface area contributed by atoms with Gasteiger partial charge in [-0.15, -0.1) is 10.2 Å².